The lowest BCUT2D eigenvalue weighted by Gasteiger charge is -2.11. The molecular weight excluding hydrogens is 174 g/mol. The van der Waals surface area contributed by atoms with Crippen molar-refractivity contribution in [1.29, 1.82) is 0 Å². The van der Waals surface area contributed by atoms with Crippen LogP contribution in [-0.4, -0.2) is 19.7 Å². The van der Waals surface area contributed by atoms with E-state index in [-0.39, 0.29) is 0 Å². The zero-order valence-electron chi connectivity index (χ0n) is 9.21. The molecule has 0 radical (unpaired) electrons. The molecule has 2 heteroatoms. The van der Waals surface area contributed by atoms with E-state index in [1.165, 1.54) is 5.56 Å². The summed E-state index contributed by atoms with van der Waals surface area (Å²) >= 11 is 0. The Labute approximate surface area is 86.3 Å². The van der Waals surface area contributed by atoms with Crippen LogP contribution in [0.25, 0.3) is 0 Å². The molecule has 0 aliphatic rings. The summed E-state index contributed by atoms with van der Waals surface area (Å²) in [7, 11) is 1.97. The van der Waals surface area contributed by atoms with Gasteiger partial charge in [0.05, 0.1) is 6.61 Å². The second-order valence-corrected chi connectivity index (χ2v) is 3.64. The van der Waals surface area contributed by atoms with Crippen LogP contribution in [0, 0.1) is 6.92 Å². The van der Waals surface area contributed by atoms with Gasteiger partial charge in [0.25, 0.3) is 0 Å². The maximum Gasteiger partial charge on any atom is 0.119 e. The molecule has 78 valence electrons. The third-order valence-electron chi connectivity index (χ3n) is 2.33. The minimum Gasteiger partial charge on any atom is -0.494 e. The summed E-state index contributed by atoms with van der Waals surface area (Å²) in [6.45, 7) is 5.00. The van der Waals surface area contributed by atoms with Gasteiger partial charge in [-0.2, -0.15) is 0 Å². The monoisotopic (exact) mass is 193 g/mol. The first-order valence-electron chi connectivity index (χ1n) is 5.09. The minimum absolute atomic E-state index is 0.514. The van der Waals surface area contributed by atoms with E-state index in [0.717, 1.165) is 18.8 Å². The Balaban J connectivity index is 2.28. The summed E-state index contributed by atoms with van der Waals surface area (Å²) in [6, 6.07) is 8.67. The number of nitrogens with one attached hydrogen (secondary N) is 1. The summed E-state index contributed by atoms with van der Waals surface area (Å²) < 4.78 is 5.59. The van der Waals surface area contributed by atoms with E-state index in [1.807, 2.05) is 19.2 Å². The fraction of sp³-hybridized carbons (Fsp3) is 0.500. The smallest absolute Gasteiger partial charge is 0.119 e. The van der Waals surface area contributed by atoms with Crippen molar-refractivity contribution in [3.8, 4) is 5.75 Å². The van der Waals surface area contributed by atoms with E-state index >= 15 is 0 Å². The molecule has 0 saturated carbocycles. The highest BCUT2D eigenvalue weighted by atomic mass is 16.5. The summed E-state index contributed by atoms with van der Waals surface area (Å²) in [5.41, 5.74) is 1.26. The lowest BCUT2D eigenvalue weighted by atomic mass is 10.2. The first kappa shape index (κ1) is 11.1. The number of benzene rings is 1. The third-order valence-corrected chi connectivity index (χ3v) is 2.33. The SMILES string of the molecule is CNC(C)CCOc1ccc(C)cc1. The third kappa shape index (κ3) is 3.79. The van der Waals surface area contributed by atoms with Gasteiger partial charge in [-0.05, 0) is 39.4 Å². The van der Waals surface area contributed by atoms with Gasteiger partial charge in [0.15, 0.2) is 0 Å². The topological polar surface area (TPSA) is 21.3 Å². The van der Waals surface area contributed by atoms with Crippen LogP contribution < -0.4 is 10.1 Å². The van der Waals surface area contributed by atoms with E-state index < -0.39 is 0 Å². The Morgan fingerprint density at radius 1 is 1.29 bits per heavy atom. The molecule has 14 heavy (non-hydrogen) atoms. The zero-order valence-corrected chi connectivity index (χ0v) is 9.21. The first-order chi connectivity index (χ1) is 6.72. The molecule has 1 N–H and O–H groups in total. The van der Waals surface area contributed by atoms with Crippen molar-refractivity contribution in [3.63, 3.8) is 0 Å². The number of rotatable bonds is 5. The normalized spacial score (nSPS) is 12.5. The van der Waals surface area contributed by atoms with Gasteiger partial charge in [-0.3, -0.25) is 0 Å². The predicted octanol–water partition coefficient (Wildman–Crippen LogP) is 2.37. The van der Waals surface area contributed by atoms with Crippen LogP contribution >= 0.6 is 0 Å². The maximum absolute atomic E-state index is 5.59. The molecule has 1 rings (SSSR count). The first-order valence-corrected chi connectivity index (χ1v) is 5.09. The molecule has 1 atom stereocenters. The Bertz CT molecular complexity index is 256. The summed E-state index contributed by atoms with van der Waals surface area (Å²) in [5.74, 6) is 0.957. The van der Waals surface area contributed by atoms with Crippen molar-refractivity contribution in [2.75, 3.05) is 13.7 Å². The molecule has 0 aromatic heterocycles. The minimum atomic E-state index is 0.514. The van der Waals surface area contributed by atoms with Crippen molar-refractivity contribution in [3.05, 3.63) is 29.8 Å². The van der Waals surface area contributed by atoms with Crippen molar-refractivity contribution < 1.29 is 4.74 Å². The fourth-order valence-electron chi connectivity index (χ4n) is 1.13. The largest absolute Gasteiger partial charge is 0.494 e. The molecule has 1 aromatic rings. The van der Waals surface area contributed by atoms with Crippen LogP contribution in [0.5, 0.6) is 5.75 Å². The molecule has 0 bridgehead atoms. The van der Waals surface area contributed by atoms with Crippen molar-refractivity contribution in [2.45, 2.75) is 26.3 Å². The van der Waals surface area contributed by atoms with Crippen molar-refractivity contribution in [2.24, 2.45) is 0 Å². The molecule has 0 aliphatic heterocycles. The summed E-state index contributed by atoms with van der Waals surface area (Å²) in [5, 5.41) is 3.18. The average molecular weight is 193 g/mol. The highest BCUT2D eigenvalue weighted by Gasteiger charge is 1.98. The van der Waals surface area contributed by atoms with Gasteiger partial charge in [-0.15, -0.1) is 0 Å². The van der Waals surface area contributed by atoms with E-state index in [0.29, 0.717) is 6.04 Å². The number of aryl methyl sites for hydroxylation is 1. The molecule has 1 aromatic carbocycles. The van der Waals surface area contributed by atoms with Crippen LogP contribution in [0.2, 0.25) is 0 Å². The van der Waals surface area contributed by atoms with Gasteiger partial charge < -0.3 is 10.1 Å². The molecule has 0 spiro atoms. The van der Waals surface area contributed by atoms with E-state index in [2.05, 4.69) is 31.3 Å². The molecule has 1 unspecified atom stereocenters. The molecule has 0 heterocycles. The highest BCUT2D eigenvalue weighted by Crippen LogP contribution is 2.11. The summed E-state index contributed by atoms with van der Waals surface area (Å²) in [6.07, 6.45) is 1.03. The summed E-state index contributed by atoms with van der Waals surface area (Å²) in [4.78, 5) is 0. The van der Waals surface area contributed by atoms with Crippen LogP contribution in [0.1, 0.15) is 18.9 Å². The standard InChI is InChI=1S/C12H19NO/c1-10-4-6-12(7-5-10)14-9-8-11(2)13-3/h4-7,11,13H,8-9H2,1-3H3. The van der Waals surface area contributed by atoms with Gasteiger partial charge in [0.1, 0.15) is 5.75 Å². The van der Waals surface area contributed by atoms with Crippen LogP contribution in [0.3, 0.4) is 0 Å². The number of hydrogen-bond acceptors (Lipinski definition) is 2. The molecule has 0 aliphatic carbocycles. The highest BCUT2D eigenvalue weighted by molar-refractivity contribution is 5.26. The lowest BCUT2D eigenvalue weighted by Crippen LogP contribution is -2.23. The Morgan fingerprint density at radius 2 is 1.93 bits per heavy atom. The molecule has 0 amide bonds. The van der Waals surface area contributed by atoms with Crippen LogP contribution in [0.15, 0.2) is 24.3 Å². The van der Waals surface area contributed by atoms with Gasteiger partial charge in [0, 0.05) is 6.04 Å². The predicted molar refractivity (Wildman–Crippen MR) is 59.8 cm³/mol. The fourth-order valence-corrected chi connectivity index (χ4v) is 1.13. The van der Waals surface area contributed by atoms with Crippen molar-refractivity contribution >= 4 is 0 Å². The quantitative estimate of drug-likeness (QED) is 0.775. The van der Waals surface area contributed by atoms with Crippen molar-refractivity contribution in [1.82, 2.24) is 5.32 Å². The van der Waals surface area contributed by atoms with Crippen LogP contribution in [-0.2, 0) is 0 Å². The van der Waals surface area contributed by atoms with Gasteiger partial charge >= 0.3 is 0 Å². The van der Waals surface area contributed by atoms with Crippen LogP contribution in [0.4, 0.5) is 0 Å². The molecular formula is C12H19NO. The Hall–Kier alpha value is -1.02. The number of ether oxygens (including phenoxy) is 1. The molecule has 0 fully saturated rings. The second kappa shape index (κ2) is 5.66. The van der Waals surface area contributed by atoms with E-state index in [4.69, 9.17) is 4.74 Å². The zero-order chi connectivity index (χ0) is 10.4. The average Bonchev–Trinajstić information content (AvgIpc) is 2.21. The maximum atomic E-state index is 5.59. The second-order valence-electron chi connectivity index (χ2n) is 3.64. The van der Waals surface area contributed by atoms with Gasteiger partial charge in [-0.1, -0.05) is 17.7 Å². The van der Waals surface area contributed by atoms with E-state index in [1.54, 1.807) is 0 Å². The van der Waals surface area contributed by atoms with Gasteiger partial charge in [0.2, 0.25) is 0 Å². The molecule has 0 saturated heterocycles. The van der Waals surface area contributed by atoms with Gasteiger partial charge in [-0.25, -0.2) is 0 Å². The van der Waals surface area contributed by atoms with E-state index in [9.17, 15) is 0 Å². The Kier molecular flexibility index (Phi) is 4.47. The number of hydrogen-bond donors (Lipinski definition) is 1. The lowest BCUT2D eigenvalue weighted by molar-refractivity contribution is 0.293. The molecule has 2 nitrogen and oxygen atoms in total. The Morgan fingerprint density at radius 3 is 2.50 bits per heavy atom.